The number of aliphatic hydroxyl groups excluding tert-OH is 4. The smallest absolute Gasteiger partial charge is 0.394 e. The van der Waals surface area contributed by atoms with Crippen molar-refractivity contribution in [2.24, 2.45) is 0 Å². The predicted molar refractivity (Wildman–Crippen MR) is 259 cm³/mol. The van der Waals surface area contributed by atoms with E-state index in [1.807, 2.05) is 0 Å². The Hall–Kier alpha value is -1.42. The van der Waals surface area contributed by atoms with Crippen LogP contribution in [0.5, 0.6) is 0 Å². The fourth-order valence-electron chi connectivity index (χ4n) is 8.45. The molecule has 378 valence electrons. The minimum absolute atomic E-state index is 0.240. The summed E-state index contributed by atoms with van der Waals surface area (Å²) in [7, 11) is -5.08. The van der Waals surface area contributed by atoms with Gasteiger partial charge in [-0.25, -0.2) is 4.18 Å². The normalized spacial score (nSPS) is 20.4. The average Bonchev–Trinajstić information content (AvgIpc) is 3.27. The van der Waals surface area contributed by atoms with Crippen LogP contribution in [0.1, 0.15) is 239 Å². The van der Waals surface area contributed by atoms with Crippen LogP contribution in [-0.2, 0) is 28.9 Å². The number of aliphatic hydroxyl groups is 4. The molecule has 6 N–H and O–H groups in total. The van der Waals surface area contributed by atoms with Crippen LogP contribution < -0.4 is 5.32 Å². The van der Waals surface area contributed by atoms with Gasteiger partial charge < -0.3 is 35.2 Å². The van der Waals surface area contributed by atoms with Gasteiger partial charge in [-0.3, -0.25) is 9.35 Å². The summed E-state index contributed by atoms with van der Waals surface area (Å²) >= 11 is 0. The zero-order chi connectivity index (χ0) is 46.9. The molecule has 0 aliphatic carbocycles. The Morgan fingerprint density at radius 2 is 1.03 bits per heavy atom. The molecule has 1 amide bonds. The molecule has 0 aromatic rings. The molecule has 7 unspecified atom stereocenters. The summed E-state index contributed by atoms with van der Waals surface area (Å²) in [4.78, 5) is 13.1. The number of ether oxygens (including phenoxy) is 2. The summed E-state index contributed by atoms with van der Waals surface area (Å²) < 4.78 is 47.8. The number of allylic oxidation sites excluding steroid dienone is 4. The van der Waals surface area contributed by atoms with Gasteiger partial charge in [0.2, 0.25) is 5.91 Å². The lowest BCUT2D eigenvalue weighted by molar-refractivity contribution is -0.298. The molecule has 0 spiro atoms. The van der Waals surface area contributed by atoms with Crippen molar-refractivity contribution in [3.8, 4) is 0 Å². The van der Waals surface area contributed by atoms with Gasteiger partial charge in [0, 0.05) is 6.42 Å². The van der Waals surface area contributed by atoms with Gasteiger partial charge in [-0.05, 0) is 38.5 Å². The molecule has 0 aromatic heterocycles. The van der Waals surface area contributed by atoms with Gasteiger partial charge in [-0.2, -0.15) is 8.42 Å². The van der Waals surface area contributed by atoms with Crippen LogP contribution in [0, 0.1) is 0 Å². The largest absolute Gasteiger partial charge is 0.397 e. The highest BCUT2D eigenvalue weighted by molar-refractivity contribution is 7.80. The van der Waals surface area contributed by atoms with E-state index in [1.54, 1.807) is 0 Å². The van der Waals surface area contributed by atoms with Crippen LogP contribution in [0.4, 0.5) is 0 Å². The molecule has 1 aliphatic heterocycles. The molecule has 7 atom stereocenters. The van der Waals surface area contributed by atoms with Crippen molar-refractivity contribution < 1.29 is 51.8 Å². The highest BCUT2D eigenvalue weighted by Gasteiger charge is 2.48. The Balaban J connectivity index is 2.41. The molecule has 1 fully saturated rings. The lowest BCUT2D eigenvalue weighted by atomic mass is 9.99. The van der Waals surface area contributed by atoms with Crippen LogP contribution in [0.15, 0.2) is 24.3 Å². The Morgan fingerprint density at radius 1 is 0.625 bits per heavy atom. The first-order chi connectivity index (χ1) is 31.0. The van der Waals surface area contributed by atoms with Gasteiger partial charge >= 0.3 is 10.4 Å². The lowest BCUT2D eigenvalue weighted by Gasteiger charge is -2.41. The number of hydrogen-bond donors (Lipinski definition) is 6. The first-order valence-corrected chi connectivity index (χ1v) is 27.6. The number of carbonyl (C=O) groups excluding carboxylic acids is 1. The molecule has 0 aromatic carbocycles. The van der Waals surface area contributed by atoms with Crippen molar-refractivity contribution in [2.45, 2.75) is 281 Å². The summed E-state index contributed by atoms with van der Waals surface area (Å²) in [5.41, 5.74) is 0. The van der Waals surface area contributed by atoms with Gasteiger partial charge in [-0.1, -0.05) is 218 Å². The van der Waals surface area contributed by atoms with Crippen molar-refractivity contribution in [1.82, 2.24) is 5.32 Å². The van der Waals surface area contributed by atoms with E-state index >= 15 is 0 Å². The maximum absolute atomic E-state index is 13.1. The number of nitrogens with one attached hydrogen (secondary N) is 1. The van der Waals surface area contributed by atoms with E-state index < -0.39 is 59.9 Å². The third-order valence-corrected chi connectivity index (χ3v) is 13.0. The van der Waals surface area contributed by atoms with Gasteiger partial charge in [0.15, 0.2) is 6.29 Å². The van der Waals surface area contributed by atoms with Crippen molar-refractivity contribution in [2.75, 3.05) is 13.2 Å². The van der Waals surface area contributed by atoms with E-state index in [4.69, 9.17) is 9.47 Å². The highest BCUT2D eigenvalue weighted by Crippen LogP contribution is 2.26. The highest BCUT2D eigenvalue weighted by atomic mass is 32.3. The van der Waals surface area contributed by atoms with Crippen LogP contribution in [0.2, 0.25) is 0 Å². The Kier molecular flexibility index (Phi) is 39.5. The zero-order valence-corrected chi connectivity index (χ0v) is 41.4. The monoisotopic (exact) mass is 932 g/mol. The van der Waals surface area contributed by atoms with Gasteiger partial charge in [0.25, 0.3) is 0 Å². The van der Waals surface area contributed by atoms with Crippen molar-refractivity contribution in [3.63, 3.8) is 0 Å². The summed E-state index contributed by atoms with van der Waals surface area (Å²) in [5, 5.41) is 45.0. The Labute approximate surface area is 391 Å². The van der Waals surface area contributed by atoms with E-state index in [9.17, 15) is 38.2 Å². The minimum atomic E-state index is -5.08. The molecular weight excluding hydrogens is 835 g/mol. The molecule has 13 heteroatoms. The molecule has 0 radical (unpaired) electrons. The number of hydrogen-bond acceptors (Lipinski definition) is 10. The van der Waals surface area contributed by atoms with Crippen molar-refractivity contribution in [3.05, 3.63) is 24.3 Å². The fraction of sp³-hybridized carbons (Fsp3) is 0.902. The van der Waals surface area contributed by atoms with Crippen LogP contribution in [0.25, 0.3) is 0 Å². The Bertz CT molecular complexity index is 1230. The number of carbonyl (C=O) groups is 1. The summed E-state index contributed by atoms with van der Waals surface area (Å²) in [6.07, 6.45) is 40.3. The molecule has 64 heavy (non-hydrogen) atoms. The third-order valence-electron chi connectivity index (χ3n) is 12.5. The third kappa shape index (κ3) is 34.0. The maximum Gasteiger partial charge on any atom is 0.397 e. The second kappa shape index (κ2) is 41.7. The first-order valence-electron chi connectivity index (χ1n) is 26.2. The number of unbranched alkanes of at least 4 members (excludes halogenated alkanes) is 30. The van der Waals surface area contributed by atoms with E-state index in [0.717, 1.165) is 70.6 Å². The fourth-order valence-corrected chi connectivity index (χ4v) is 8.96. The first kappa shape index (κ1) is 60.6. The Morgan fingerprint density at radius 3 is 1.48 bits per heavy atom. The minimum Gasteiger partial charge on any atom is -0.394 e. The molecular formula is C51H97NO11S. The number of rotatable bonds is 45. The van der Waals surface area contributed by atoms with Crippen molar-refractivity contribution in [1.29, 1.82) is 0 Å². The van der Waals surface area contributed by atoms with Crippen LogP contribution >= 0.6 is 0 Å². The van der Waals surface area contributed by atoms with Crippen molar-refractivity contribution >= 4 is 16.3 Å². The quantitative estimate of drug-likeness (QED) is 0.0193. The SMILES string of the molecule is CCCCC/C=C\C=C/CCCCCCCCC(=O)NC(COC1OC(CO)C(O)C(OS(=O)(=O)O)C1O)C(O)CCCCCCCCCCCCCCCCCCCCCCCC. The maximum atomic E-state index is 13.1. The molecule has 0 bridgehead atoms. The number of amides is 1. The second-order valence-electron chi connectivity index (χ2n) is 18.5. The molecule has 0 saturated carbocycles. The van der Waals surface area contributed by atoms with Crippen LogP contribution in [0.3, 0.4) is 0 Å². The molecule has 1 heterocycles. The summed E-state index contributed by atoms with van der Waals surface area (Å²) in [5.74, 6) is -0.240. The molecule has 1 rings (SSSR count). The van der Waals surface area contributed by atoms with E-state index in [1.165, 1.54) is 135 Å². The average molecular weight is 932 g/mol. The summed E-state index contributed by atoms with van der Waals surface area (Å²) in [6, 6.07) is -0.863. The van der Waals surface area contributed by atoms with Gasteiger partial charge in [0.1, 0.15) is 24.4 Å². The van der Waals surface area contributed by atoms with Gasteiger partial charge in [-0.15, -0.1) is 0 Å². The molecule has 12 nitrogen and oxygen atoms in total. The predicted octanol–water partition coefficient (Wildman–Crippen LogP) is 11.3. The molecule has 1 saturated heterocycles. The van der Waals surface area contributed by atoms with Gasteiger partial charge in [0.05, 0.1) is 25.4 Å². The van der Waals surface area contributed by atoms with E-state index in [-0.39, 0.29) is 18.9 Å². The lowest BCUT2D eigenvalue weighted by Crippen LogP contribution is -2.61. The standard InChI is InChI=1S/C51H97NO11S/c1-3-5-7-9-11-13-15-17-19-20-21-22-23-24-25-27-28-30-32-34-36-38-40-45(54)44(43-61-51-49(57)50(63-64(58,59)60)48(56)46(42-53)62-51)52-47(55)41-39-37-35-33-31-29-26-18-16-14-12-10-8-6-4-2/h12,14,16,18,44-46,48-51,53-54,56-57H,3-11,13,15,17,19-43H2,1-2H3,(H,52,55)(H,58,59,60)/b14-12-,18-16-. The van der Waals surface area contributed by atoms with E-state index in [2.05, 4.69) is 47.7 Å². The topological polar surface area (TPSA) is 192 Å². The van der Waals surface area contributed by atoms with Crippen LogP contribution in [-0.4, -0.2) is 95.4 Å². The van der Waals surface area contributed by atoms with E-state index in [0.29, 0.717) is 12.8 Å². The molecule has 1 aliphatic rings. The zero-order valence-electron chi connectivity index (χ0n) is 40.6. The second-order valence-corrected chi connectivity index (χ2v) is 19.5. The summed E-state index contributed by atoms with van der Waals surface area (Å²) in [6.45, 7) is 3.43.